The second kappa shape index (κ2) is 5.92. The van der Waals surface area contributed by atoms with E-state index in [9.17, 15) is 18.1 Å². The fourth-order valence-corrected chi connectivity index (χ4v) is 4.94. The van der Waals surface area contributed by atoms with Crippen LogP contribution in [0, 0.1) is 29.0 Å². The highest BCUT2D eigenvalue weighted by Crippen LogP contribution is 2.37. The number of nitriles is 1. The largest absolute Gasteiger partial charge is 0.223 e. The van der Waals surface area contributed by atoms with E-state index in [1.807, 2.05) is 6.92 Å². The minimum atomic E-state index is -3.65. The molecular formula is C15H18FNO2S. The Labute approximate surface area is 119 Å². The van der Waals surface area contributed by atoms with Gasteiger partial charge in [-0.2, -0.15) is 5.26 Å². The van der Waals surface area contributed by atoms with E-state index < -0.39 is 26.8 Å². The molecule has 3 unspecified atom stereocenters. The molecule has 0 spiro atoms. The standard InChI is InChI=1S/C15H18FNO2S/c1-2-11-6-7-12(10-17)15(8-11)20(18,19)14-5-3-4-13(16)9-14/h3-5,9,11-12,15H,2,6-8H2,1H3. The van der Waals surface area contributed by atoms with Gasteiger partial charge in [0.1, 0.15) is 5.82 Å². The Bertz CT molecular complexity index is 621. The van der Waals surface area contributed by atoms with Crippen molar-refractivity contribution in [3.63, 3.8) is 0 Å². The van der Waals surface area contributed by atoms with Gasteiger partial charge in [0.05, 0.1) is 22.1 Å². The Morgan fingerprint density at radius 2 is 2.15 bits per heavy atom. The van der Waals surface area contributed by atoms with Gasteiger partial charge in [-0.1, -0.05) is 19.4 Å². The Balaban J connectivity index is 2.38. The number of hydrogen-bond acceptors (Lipinski definition) is 3. The number of rotatable bonds is 3. The third-order valence-corrected chi connectivity index (χ3v) is 6.40. The molecule has 108 valence electrons. The Morgan fingerprint density at radius 1 is 1.40 bits per heavy atom. The third-order valence-electron chi connectivity index (χ3n) is 4.17. The fourth-order valence-electron chi connectivity index (χ4n) is 2.89. The highest BCUT2D eigenvalue weighted by molar-refractivity contribution is 7.92. The van der Waals surface area contributed by atoms with Crippen LogP contribution in [0.5, 0.6) is 0 Å². The molecule has 0 saturated heterocycles. The SMILES string of the molecule is CCC1CCC(C#N)C(S(=O)(=O)c2cccc(F)c2)C1. The van der Waals surface area contributed by atoms with Crippen LogP contribution < -0.4 is 0 Å². The Morgan fingerprint density at radius 3 is 2.75 bits per heavy atom. The Hall–Kier alpha value is -1.41. The number of halogens is 1. The monoisotopic (exact) mass is 295 g/mol. The van der Waals surface area contributed by atoms with Gasteiger partial charge in [0.2, 0.25) is 0 Å². The fraction of sp³-hybridized carbons (Fsp3) is 0.533. The maximum Gasteiger partial charge on any atom is 0.182 e. The first-order chi connectivity index (χ1) is 9.48. The average molecular weight is 295 g/mol. The molecule has 0 aromatic heterocycles. The summed E-state index contributed by atoms with van der Waals surface area (Å²) < 4.78 is 38.6. The van der Waals surface area contributed by atoms with Crippen molar-refractivity contribution in [2.75, 3.05) is 0 Å². The van der Waals surface area contributed by atoms with E-state index in [-0.39, 0.29) is 4.90 Å². The minimum Gasteiger partial charge on any atom is -0.223 e. The maximum atomic E-state index is 13.3. The van der Waals surface area contributed by atoms with Crippen molar-refractivity contribution >= 4 is 9.84 Å². The molecule has 0 bridgehead atoms. The van der Waals surface area contributed by atoms with Crippen LogP contribution in [0.25, 0.3) is 0 Å². The van der Waals surface area contributed by atoms with E-state index in [4.69, 9.17) is 0 Å². The zero-order valence-electron chi connectivity index (χ0n) is 11.4. The lowest BCUT2D eigenvalue weighted by molar-refractivity contribution is 0.308. The summed E-state index contributed by atoms with van der Waals surface area (Å²) in [5, 5.41) is 8.48. The predicted molar refractivity (Wildman–Crippen MR) is 74.1 cm³/mol. The summed E-state index contributed by atoms with van der Waals surface area (Å²) in [5.41, 5.74) is 0. The van der Waals surface area contributed by atoms with Crippen molar-refractivity contribution in [2.24, 2.45) is 11.8 Å². The summed E-state index contributed by atoms with van der Waals surface area (Å²) in [4.78, 5) is -0.0143. The molecular weight excluding hydrogens is 277 g/mol. The molecule has 1 fully saturated rings. The lowest BCUT2D eigenvalue weighted by Gasteiger charge is -2.31. The smallest absolute Gasteiger partial charge is 0.182 e. The van der Waals surface area contributed by atoms with E-state index in [0.717, 1.165) is 18.9 Å². The molecule has 5 heteroatoms. The van der Waals surface area contributed by atoms with Crippen molar-refractivity contribution in [1.82, 2.24) is 0 Å². The van der Waals surface area contributed by atoms with Crippen molar-refractivity contribution < 1.29 is 12.8 Å². The zero-order valence-corrected chi connectivity index (χ0v) is 12.2. The topological polar surface area (TPSA) is 57.9 Å². The minimum absolute atomic E-state index is 0.0143. The summed E-state index contributed by atoms with van der Waals surface area (Å²) >= 11 is 0. The van der Waals surface area contributed by atoms with Crippen LogP contribution in [0.4, 0.5) is 4.39 Å². The molecule has 20 heavy (non-hydrogen) atoms. The maximum absolute atomic E-state index is 13.3. The summed E-state index contributed by atoms with van der Waals surface area (Å²) in [7, 11) is -3.65. The molecule has 1 aliphatic carbocycles. The van der Waals surface area contributed by atoms with Gasteiger partial charge in [-0.25, -0.2) is 12.8 Å². The van der Waals surface area contributed by atoms with Crippen LogP contribution >= 0.6 is 0 Å². The highest BCUT2D eigenvalue weighted by atomic mass is 32.2. The Kier molecular flexibility index (Phi) is 4.44. The second-order valence-electron chi connectivity index (χ2n) is 5.36. The molecule has 0 amide bonds. The normalized spacial score (nSPS) is 26.9. The van der Waals surface area contributed by atoms with Crippen LogP contribution in [0.15, 0.2) is 29.2 Å². The lowest BCUT2D eigenvalue weighted by Crippen LogP contribution is -2.35. The highest BCUT2D eigenvalue weighted by Gasteiger charge is 2.39. The molecule has 0 aliphatic heterocycles. The molecule has 0 N–H and O–H groups in total. The van der Waals surface area contributed by atoms with Gasteiger partial charge in [0.15, 0.2) is 9.84 Å². The van der Waals surface area contributed by atoms with Gasteiger partial charge in [0.25, 0.3) is 0 Å². The molecule has 1 saturated carbocycles. The second-order valence-corrected chi connectivity index (χ2v) is 7.53. The molecule has 1 aliphatic rings. The molecule has 1 aromatic rings. The predicted octanol–water partition coefficient (Wildman–Crippen LogP) is 3.32. The van der Waals surface area contributed by atoms with E-state index >= 15 is 0 Å². The van der Waals surface area contributed by atoms with Crippen LogP contribution in [0.1, 0.15) is 32.6 Å². The number of nitrogens with zero attached hydrogens (tertiary/aromatic N) is 1. The summed E-state index contributed by atoms with van der Waals surface area (Å²) in [5.74, 6) is -0.735. The van der Waals surface area contributed by atoms with Crippen LogP contribution in [-0.4, -0.2) is 13.7 Å². The van der Waals surface area contributed by atoms with E-state index in [1.165, 1.54) is 18.2 Å². The quantitative estimate of drug-likeness (QED) is 0.859. The number of sulfone groups is 1. The first-order valence-corrected chi connectivity index (χ1v) is 8.42. The zero-order chi connectivity index (χ0) is 14.8. The van der Waals surface area contributed by atoms with E-state index in [1.54, 1.807) is 0 Å². The van der Waals surface area contributed by atoms with Gasteiger partial charge in [-0.3, -0.25) is 0 Å². The van der Waals surface area contributed by atoms with Crippen LogP contribution in [0.2, 0.25) is 0 Å². The lowest BCUT2D eigenvalue weighted by atomic mass is 9.81. The van der Waals surface area contributed by atoms with Gasteiger partial charge >= 0.3 is 0 Å². The van der Waals surface area contributed by atoms with Gasteiger partial charge in [-0.15, -0.1) is 0 Å². The third kappa shape index (κ3) is 2.85. The first kappa shape index (κ1) is 15.0. The van der Waals surface area contributed by atoms with E-state index in [0.29, 0.717) is 18.8 Å². The molecule has 0 radical (unpaired) electrons. The van der Waals surface area contributed by atoms with E-state index in [2.05, 4.69) is 6.07 Å². The number of benzene rings is 1. The van der Waals surface area contributed by atoms with Crippen molar-refractivity contribution in [1.29, 1.82) is 5.26 Å². The average Bonchev–Trinajstić information content (AvgIpc) is 2.46. The van der Waals surface area contributed by atoms with Crippen molar-refractivity contribution in [3.8, 4) is 6.07 Å². The molecule has 1 aromatic carbocycles. The molecule has 0 heterocycles. The first-order valence-electron chi connectivity index (χ1n) is 6.88. The van der Waals surface area contributed by atoms with Gasteiger partial charge in [-0.05, 0) is 43.4 Å². The van der Waals surface area contributed by atoms with Gasteiger partial charge in [0, 0.05) is 0 Å². The van der Waals surface area contributed by atoms with Crippen LogP contribution in [0.3, 0.4) is 0 Å². The summed E-state index contributed by atoms with van der Waals surface area (Å²) in [6, 6.07) is 7.17. The van der Waals surface area contributed by atoms with Crippen molar-refractivity contribution in [3.05, 3.63) is 30.1 Å². The molecule has 2 rings (SSSR count). The van der Waals surface area contributed by atoms with Gasteiger partial charge < -0.3 is 0 Å². The summed E-state index contributed by atoms with van der Waals surface area (Å²) in [6.07, 6.45) is 2.90. The molecule has 3 nitrogen and oxygen atoms in total. The van der Waals surface area contributed by atoms with Crippen LogP contribution in [-0.2, 0) is 9.84 Å². The van der Waals surface area contributed by atoms with Crippen molar-refractivity contribution in [2.45, 2.75) is 42.8 Å². The molecule has 3 atom stereocenters. The summed E-state index contributed by atoms with van der Waals surface area (Å²) in [6.45, 7) is 2.03. The number of hydrogen-bond donors (Lipinski definition) is 0.